The van der Waals surface area contributed by atoms with Crippen LogP contribution >= 0.6 is 0 Å². The summed E-state index contributed by atoms with van der Waals surface area (Å²) in [6.45, 7) is 0. The summed E-state index contributed by atoms with van der Waals surface area (Å²) in [5.41, 5.74) is 5.24. The first-order valence-corrected chi connectivity index (χ1v) is 11.0. The molecule has 0 spiro atoms. The number of nitrogens with zero attached hydrogens (tertiary/aromatic N) is 2. The van der Waals surface area contributed by atoms with Crippen LogP contribution in [-0.4, -0.2) is 29.3 Å². The lowest BCUT2D eigenvalue weighted by Gasteiger charge is -2.35. The van der Waals surface area contributed by atoms with Gasteiger partial charge in [0.15, 0.2) is 9.84 Å². The Labute approximate surface area is 158 Å². The molecule has 2 heterocycles. The zero-order chi connectivity index (χ0) is 18.8. The zero-order valence-electron chi connectivity index (χ0n) is 14.9. The number of hydrogen-bond donors (Lipinski definition) is 1. The van der Waals surface area contributed by atoms with Gasteiger partial charge in [0.2, 0.25) is 0 Å². The Bertz CT molecular complexity index is 1150. The van der Waals surface area contributed by atoms with Gasteiger partial charge in [-0.1, -0.05) is 30.3 Å². The van der Waals surface area contributed by atoms with Gasteiger partial charge in [-0.2, -0.15) is 0 Å². The van der Waals surface area contributed by atoms with Crippen molar-refractivity contribution >= 4 is 9.84 Å². The normalized spacial score (nSPS) is 23.6. The molecule has 5 rings (SSSR count). The van der Waals surface area contributed by atoms with Crippen LogP contribution in [0.25, 0.3) is 11.3 Å². The smallest absolute Gasteiger partial charge is 0.175 e. The van der Waals surface area contributed by atoms with E-state index in [9.17, 15) is 13.5 Å². The molecule has 1 aromatic heterocycles. The molecule has 3 atom stereocenters. The van der Waals surface area contributed by atoms with Crippen LogP contribution < -0.4 is 0 Å². The second-order valence-corrected chi connectivity index (χ2v) is 9.51. The van der Waals surface area contributed by atoms with E-state index in [0.717, 1.165) is 29.7 Å². The molecule has 6 heteroatoms. The molecule has 1 N–H and O–H groups in total. The lowest BCUT2D eigenvalue weighted by Crippen LogP contribution is -2.28. The maximum atomic E-state index is 11.8. The van der Waals surface area contributed by atoms with Crippen molar-refractivity contribution in [3.8, 4) is 11.3 Å². The van der Waals surface area contributed by atoms with Crippen LogP contribution in [0.15, 0.2) is 59.9 Å². The van der Waals surface area contributed by atoms with Crippen molar-refractivity contribution in [1.82, 2.24) is 9.55 Å². The highest BCUT2D eigenvalue weighted by atomic mass is 32.2. The first kappa shape index (κ1) is 16.7. The molecule has 2 aliphatic rings. The van der Waals surface area contributed by atoms with Gasteiger partial charge in [0.25, 0.3) is 0 Å². The summed E-state index contributed by atoms with van der Waals surface area (Å²) >= 11 is 0. The van der Waals surface area contributed by atoms with Crippen molar-refractivity contribution in [2.75, 3.05) is 6.26 Å². The fraction of sp³-hybridized carbons (Fsp3) is 0.286. The highest BCUT2D eigenvalue weighted by Gasteiger charge is 2.40. The number of hydrogen-bond acceptors (Lipinski definition) is 4. The Hall–Kier alpha value is -2.44. The highest BCUT2D eigenvalue weighted by molar-refractivity contribution is 7.90. The molecule has 1 aliphatic carbocycles. The first-order valence-electron chi connectivity index (χ1n) is 9.07. The van der Waals surface area contributed by atoms with Crippen LogP contribution in [0.2, 0.25) is 0 Å². The molecule has 0 unspecified atom stereocenters. The minimum Gasteiger partial charge on any atom is -0.388 e. The van der Waals surface area contributed by atoms with Crippen LogP contribution in [0.3, 0.4) is 0 Å². The number of aromatic nitrogens is 2. The standard InChI is InChI=1S/C21H20N2O3S/c1-27(25,26)14-7-9-15-13(10-14)6-8-18(21(15)24)20-17-5-3-2-4-16(17)19-11-22-12-23(19)20/h2-5,7,9-12,18,20-21,24H,6,8H2,1H3/t18-,20-,21-/m0/s1. The molecule has 0 saturated carbocycles. The monoisotopic (exact) mass is 380 g/mol. The van der Waals surface area contributed by atoms with Crippen molar-refractivity contribution in [2.45, 2.75) is 29.9 Å². The van der Waals surface area contributed by atoms with Crippen molar-refractivity contribution in [2.24, 2.45) is 5.92 Å². The van der Waals surface area contributed by atoms with E-state index in [1.807, 2.05) is 24.7 Å². The molecule has 0 amide bonds. The molecule has 5 nitrogen and oxygen atoms in total. The molecule has 3 aromatic rings. The third-order valence-electron chi connectivity index (χ3n) is 5.94. The van der Waals surface area contributed by atoms with E-state index in [2.05, 4.69) is 21.7 Å². The van der Waals surface area contributed by atoms with E-state index < -0.39 is 15.9 Å². The number of sulfone groups is 1. The Morgan fingerprint density at radius 3 is 2.78 bits per heavy atom. The Morgan fingerprint density at radius 1 is 1.15 bits per heavy atom. The Kier molecular flexibility index (Phi) is 3.58. The Balaban J connectivity index is 1.57. The number of fused-ring (bicyclic) bond motifs is 4. The van der Waals surface area contributed by atoms with Gasteiger partial charge in [-0.15, -0.1) is 0 Å². The van der Waals surface area contributed by atoms with Crippen LogP contribution in [-0.2, 0) is 16.3 Å². The van der Waals surface area contributed by atoms with Crippen LogP contribution in [0.4, 0.5) is 0 Å². The van der Waals surface area contributed by atoms with Gasteiger partial charge in [-0.25, -0.2) is 13.4 Å². The largest absolute Gasteiger partial charge is 0.388 e. The average molecular weight is 380 g/mol. The van der Waals surface area contributed by atoms with Crippen LogP contribution in [0, 0.1) is 5.92 Å². The topological polar surface area (TPSA) is 72.2 Å². The summed E-state index contributed by atoms with van der Waals surface area (Å²) < 4.78 is 25.9. The third-order valence-corrected chi connectivity index (χ3v) is 7.05. The molecular weight excluding hydrogens is 360 g/mol. The summed E-state index contributed by atoms with van der Waals surface area (Å²) in [7, 11) is -3.25. The summed E-state index contributed by atoms with van der Waals surface area (Å²) in [6.07, 6.45) is 5.83. The number of imidazole rings is 1. The maximum absolute atomic E-state index is 11.8. The van der Waals surface area contributed by atoms with E-state index in [1.165, 1.54) is 17.4 Å². The molecule has 2 aromatic carbocycles. The molecule has 1 aliphatic heterocycles. The van der Waals surface area contributed by atoms with Crippen molar-refractivity contribution in [3.63, 3.8) is 0 Å². The molecule has 0 bridgehead atoms. The number of aliphatic hydroxyl groups excluding tert-OH is 1. The fourth-order valence-corrected chi connectivity index (χ4v) is 5.34. The summed E-state index contributed by atoms with van der Waals surface area (Å²) in [5, 5.41) is 11.2. The Morgan fingerprint density at radius 2 is 1.96 bits per heavy atom. The number of aryl methyl sites for hydroxylation is 1. The summed E-state index contributed by atoms with van der Waals surface area (Å²) in [5.74, 6) is 0.0122. The maximum Gasteiger partial charge on any atom is 0.175 e. The van der Waals surface area contributed by atoms with E-state index >= 15 is 0 Å². The predicted molar refractivity (Wildman–Crippen MR) is 102 cm³/mol. The SMILES string of the molecule is CS(=O)(=O)c1ccc2c(c1)CC[C@@H]([C@@H]1c3ccccc3-c3cncn31)[C@H]2O. The molecule has 27 heavy (non-hydrogen) atoms. The van der Waals surface area contributed by atoms with Crippen molar-refractivity contribution < 1.29 is 13.5 Å². The molecule has 138 valence electrons. The van der Waals surface area contributed by atoms with E-state index in [4.69, 9.17) is 0 Å². The van der Waals surface area contributed by atoms with Gasteiger partial charge in [0.05, 0.1) is 35.3 Å². The fourth-order valence-electron chi connectivity index (χ4n) is 4.67. The zero-order valence-corrected chi connectivity index (χ0v) is 15.7. The summed E-state index contributed by atoms with van der Waals surface area (Å²) in [6, 6.07) is 13.4. The van der Waals surface area contributed by atoms with E-state index in [0.29, 0.717) is 4.90 Å². The van der Waals surface area contributed by atoms with Gasteiger partial charge >= 0.3 is 0 Å². The second-order valence-electron chi connectivity index (χ2n) is 7.50. The molecular formula is C21H20N2O3S. The van der Waals surface area contributed by atoms with Gasteiger partial charge in [-0.05, 0) is 41.7 Å². The number of aliphatic hydroxyl groups is 1. The molecule has 0 saturated heterocycles. The van der Waals surface area contributed by atoms with Gasteiger partial charge in [-0.3, -0.25) is 0 Å². The van der Waals surface area contributed by atoms with Gasteiger partial charge in [0.1, 0.15) is 0 Å². The van der Waals surface area contributed by atoms with Crippen molar-refractivity contribution in [1.29, 1.82) is 0 Å². The van der Waals surface area contributed by atoms with E-state index in [1.54, 1.807) is 18.2 Å². The van der Waals surface area contributed by atoms with Crippen molar-refractivity contribution in [3.05, 3.63) is 71.7 Å². The predicted octanol–water partition coefficient (Wildman–Crippen LogP) is 3.15. The first-order chi connectivity index (χ1) is 12.9. The average Bonchev–Trinajstić information content (AvgIpc) is 3.22. The lowest BCUT2D eigenvalue weighted by atomic mass is 9.76. The minimum absolute atomic E-state index is 0.0122. The molecule has 0 radical (unpaired) electrons. The number of benzene rings is 2. The second kappa shape index (κ2) is 5.78. The third kappa shape index (κ3) is 2.47. The number of rotatable bonds is 2. The van der Waals surface area contributed by atoms with E-state index in [-0.39, 0.29) is 12.0 Å². The minimum atomic E-state index is -3.25. The van der Waals surface area contributed by atoms with Gasteiger partial charge in [0, 0.05) is 17.7 Å². The summed E-state index contributed by atoms with van der Waals surface area (Å²) in [4.78, 5) is 4.63. The van der Waals surface area contributed by atoms with Crippen LogP contribution in [0.5, 0.6) is 0 Å². The highest BCUT2D eigenvalue weighted by Crippen LogP contribution is 2.49. The lowest BCUT2D eigenvalue weighted by molar-refractivity contribution is 0.0719. The molecule has 0 fully saturated rings. The van der Waals surface area contributed by atoms with Crippen LogP contribution in [0.1, 0.15) is 35.3 Å². The van der Waals surface area contributed by atoms with Gasteiger partial charge < -0.3 is 9.67 Å². The quantitative estimate of drug-likeness (QED) is 0.741.